The molecule has 7 heteroatoms. The Morgan fingerprint density at radius 3 is 2.20 bits per heavy atom. The fourth-order valence-corrected chi connectivity index (χ4v) is 1.91. The first-order chi connectivity index (χ1) is 7.08. The van der Waals surface area contributed by atoms with E-state index in [9.17, 15) is 13.2 Å². The lowest BCUT2D eigenvalue weighted by molar-refractivity contribution is 0.548. The van der Waals surface area contributed by atoms with Crippen LogP contribution >= 0.6 is 23.1 Å². The summed E-state index contributed by atoms with van der Waals surface area (Å²) < 4.78 is 42.6. The zero-order valence-corrected chi connectivity index (χ0v) is 8.54. The number of nitrogens with zero attached hydrogens (tertiary/aromatic N) is 2. The van der Waals surface area contributed by atoms with Crippen LogP contribution in [-0.4, -0.2) is 9.36 Å². The second kappa shape index (κ2) is 3.79. The third-order valence-corrected chi connectivity index (χ3v) is 2.62. The van der Waals surface area contributed by atoms with E-state index in [0.717, 1.165) is 11.5 Å². The Balaban J connectivity index is 2.62. The van der Waals surface area contributed by atoms with Gasteiger partial charge in [-0.1, -0.05) is 0 Å². The maximum Gasteiger partial charge on any atom is 0.234 e. The van der Waals surface area contributed by atoms with E-state index in [1.807, 2.05) is 0 Å². The molecular formula is C8H2ClF3N2S. The molecule has 0 saturated heterocycles. The van der Waals surface area contributed by atoms with E-state index >= 15 is 0 Å². The minimum absolute atomic E-state index is 0.0185. The summed E-state index contributed by atoms with van der Waals surface area (Å²) in [5.74, 6) is -3.04. The first-order valence-electron chi connectivity index (χ1n) is 3.72. The second-order valence-electron chi connectivity index (χ2n) is 2.61. The highest BCUT2D eigenvalue weighted by molar-refractivity contribution is 7.09. The van der Waals surface area contributed by atoms with Crippen molar-refractivity contribution in [3.63, 3.8) is 0 Å². The largest absolute Gasteiger partial charge is 0.234 e. The Bertz CT molecular complexity index is 491. The van der Waals surface area contributed by atoms with E-state index in [1.54, 1.807) is 0 Å². The Morgan fingerprint density at radius 2 is 1.73 bits per heavy atom. The highest BCUT2D eigenvalue weighted by Crippen LogP contribution is 2.28. The van der Waals surface area contributed by atoms with Crippen molar-refractivity contribution in [2.75, 3.05) is 0 Å². The van der Waals surface area contributed by atoms with E-state index in [0.29, 0.717) is 12.1 Å². The molecule has 1 aromatic heterocycles. The zero-order valence-electron chi connectivity index (χ0n) is 6.97. The molecule has 0 bridgehead atoms. The second-order valence-corrected chi connectivity index (χ2v) is 3.70. The van der Waals surface area contributed by atoms with Gasteiger partial charge < -0.3 is 0 Å². The van der Waals surface area contributed by atoms with Gasteiger partial charge in [-0.25, -0.2) is 18.2 Å². The van der Waals surface area contributed by atoms with Crippen molar-refractivity contribution < 1.29 is 13.2 Å². The van der Waals surface area contributed by atoms with Crippen molar-refractivity contribution in [1.29, 1.82) is 0 Å². The molecule has 0 atom stereocenters. The number of halogens is 4. The molecule has 0 unspecified atom stereocenters. The molecule has 15 heavy (non-hydrogen) atoms. The van der Waals surface area contributed by atoms with Gasteiger partial charge in [0.2, 0.25) is 5.28 Å². The number of rotatable bonds is 1. The predicted molar refractivity (Wildman–Crippen MR) is 50.2 cm³/mol. The highest BCUT2D eigenvalue weighted by Gasteiger charge is 2.17. The van der Waals surface area contributed by atoms with Crippen molar-refractivity contribution in [3.8, 4) is 10.6 Å². The summed E-state index contributed by atoms with van der Waals surface area (Å²) in [7, 11) is 0. The van der Waals surface area contributed by atoms with Crippen LogP contribution in [0.3, 0.4) is 0 Å². The van der Waals surface area contributed by atoms with Gasteiger partial charge in [0.25, 0.3) is 0 Å². The third-order valence-electron chi connectivity index (χ3n) is 1.62. The van der Waals surface area contributed by atoms with Gasteiger partial charge in [0.05, 0.1) is 5.56 Å². The van der Waals surface area contributed by atoms with Gasteiger partial charge in [-0.05, 0) is 23.1 Å². The molecule has 78 valence electrons. The molecule has 0 radical (unpaired) electrons. The number of benzene rings is 1. The SMILES string of the molecule is Fc1cc(F)c(-c2nc(Cl)ns2)c(F)c1. The fourth-order valence-electron chi connectivity index (χ4n) is 1.05. The van der Waals surface area contributed by atoms with Crippen LogP contribution in [0.1, 0.15) is 0 Å². The average Bonchev–Trinajstić information content (AvgIpc) is 2.49. The summed E-state index contributed by atoms with van der Waals surface area (Å²) in [6.45, 7) is 0. The molecule has 0 aliphatic carbocycles. The van der Waals surface area contributed by atoms with Crippen LogP contribution in [0.5, 0.6) is 0 Å². The smallest absolute Gasteiger partial charge is 0.207 e. The van der Waals surface area contributed by atoms with Gasteiger partial charge in [0.1, 0.15) is 17.5 Å². The molecule has 0 aliphatic rings. The van der Waals surface area contributed by atoms with Crippen molar-refractivity contribution in [3.05, 3.63) is 34.9 Å². The minimum Gasteiger partial charge on any atom is -0.207 e. The van der Waals surface area contributed by atoms with E-state index < -0.39 is 23.0 Å². The summed E-state index contributed by atoms with van der Waals surface area (Å²) in [6.07, 6.45) is 0. The lowest BCUT2D eigenvalue weighted by Crippen LogP contribution is -1.91. The normalized spacial score (nSPS) is 10.7. The molecule has 0 spiro atoms. The topological polar surface area (TPSA) is 25.8 Å². The summed E-state index contributed by atoms with van der Waals surface area (Å²) in [5.41, 5.74) is -0.416. The van der Waals surface area contributed by atoms with Gasteiger partial charge >= 0.3 is 0 Å². The van der Waals surface area contributed by atoms with Crippen LogP contribution in [0.15, 0.2) is 12.1 Å². The predicted octanol–water partition coefficient (Wildman–Crippen LogP) is 3.28. The number of hydrogen-bond donors (Lipinski definition) is 0. The quantitative estimate of drug-likeness (QED) is 0.776. The van der Waals surface area contributed by atoms with Crippen LogP contribution in [-0.2, 0) is 0 Å². The summed E-state index contributed by atoms with van der Waals surface area (Å²) in [5, 5.41) is -0.117. The van der Waals surface area contributed by atoms with Gasteiger partial charge in [-0.2, -0.15) is 4.37 Å². The molecule has 1 heterocycles. The molecule has 1 aromatic carbocycles. The first kappa shape index (κ1) is 10.4. The maximum atomic E-state index is 13.2. The van der Waals surface area contributed by atoms with Crippen LogP contribution in [0.2, 0.25) is 5.28 Å². The molecule has 2 aromatic rings. The van der Waals surface area contributed by atoms with E-state index in [4.69, 9.17) is 11.6 Å². The Morgan fingerprint density at radius 1 is 1.13 bits per heavy atom. The molecule has 0 amide bonds. The van der Waals surface area contributed by atoms with Crippen LogP contribution in [0, 0.1) is 17.5 Å². The number of hydrogen-bond acceptors (Lipinski definition) is 3. The van der Waals surface area contributed by atoms with Crippen LogP contribution < -0.4 is 0 Å². The summed E-state index contributed by atoms with van der Waals surface area (Å²) in [6, 6.07) is 1.15. The van der Waals surface area contributed by atoms with E-state index in [2.05, 4.69) is 9.36 Å². The number of aromatic nitrogens is 2. The molecule has 2 rings (SSSR count). The molecule has 2 nitrogen and oxygen atoms in total. The third kappa shape index (κ3) is 1.95. The maximum absolute atomic E-state index is 13.2. The highest BCUT2D eigenvalue weighted by atomic mass is 35.5. The van der Waals surface area contributed by atoms with Crippen molar-refractivity contribution >= 4 is 23.1 Å². The molecule has 0 N–H and O–H groups in total. The van der Waals surface area contributed by atoms with E-state index in [-0.39, 0.29) is 10.3 Å². The van der Waals surface area contributed by atoms with Crippen molar-refractivity contribution in [2.45, 2.75) is 0 Å². The van der Waals surface area contributed by atoms with Gasteiger partial charge in [-0.15, -0.1) is 0 Å². The Kier molecular flexibility index (Phi) is 2.62. The Hall–Kier alpha value is -1.14. The van der Waals surface area contributed by atoms with Crippen molar-refractivity contribution in [2.24, 2.45) is 0 Å². The Labute approximate surface area is 91.5 Å². The molecule has 0 saturated carbocycles. The lowest BCUT2D eigenvalue weighted by Gasteiger charge is -2.00. The van der Waals surface area contributed by atoms with Gasteiger partial charge in [0, 0.05) is 12.1 Å². The first-order valence-corrected chi connectivity index (χ1v) is 4.87. The van der Waals surface area contributed by atoms with Gasteiger partial charge in [-0.3, -0.25) is 0 Å². The zero-order chi connectivity index (χ0) is 11.0. The lowest BCUT2D eigenvalue weighted by atomic mass is 10.2. The van der Waals surface area contributed by atoms with Crippen LogP contribution in [0.25, 0.3) is 10.6 Å². The monoisotopic (exact) mass is 250 g/mol. The molecule has 0 fully saturated rings. The standard InChI is InChI=1S/C8H2ClF3N2S/c9-8-13-7(15-14-8)6-4(11)1-3(10)2-5(6)12/h1-2H. The molecular weight excluding hydrogens is 249 g/mol. The molecule has 0 aliphatic heterocycles. The van der Waals surface area contributed by atoms with Gasteiger partial charge in [0.15, 0.2) is 5.01 Å². The van der Waals surface area contributed by atoms with E-state index in [1.165, 1.54) is 0 Å². The minimum atomic E-state index is -1.03. The van der Waals surface area contributed by atoms with Crippen LogP contribution in [0.4, 0.5) is 13.2 Å². The van der Waals surface area contributed by atoms with Crippen molar-refractivity contribution in [1.82, 2.24) is 9.36 Å². The summed E-state index contributed by atoms with van der Waals surface area (Å²) >= 11 is 6.16. The fraction of sp³-hybridized carbons (Fsp3) is 0. The summed E-state index contributed by atoms with van der Waals surface area (Å²) in [4.78, 5) is 3.60. The average molecular weight is 251 g/mol.